The van der Waals surface area contributed by atoms with E-state index in [9.17, 15) is 9.59 Å². The van der Waals surface area contributed by atoms with Crippen molar-refractivity contribution in [2.45, 2.75) is 19.4 Å². The molecule has 3 rings (SSSR count). The van der Waals surface area contributed by atoms with Gasteiger partial charge in [-0.3, -0.25) is 9.59 Å². The largest absolute Gasteiger partial charge is 0.493 e. The summed E-state index contributed by atoms with van der Waals surface area (Å²) >= 11 is 0. The van der Waals surface area contributed by atoms with Crippen LogP contribution in [0, 0.1) is 6.92 Å². The first-order chi connectivity index (χ1) is 12.5. The van der Waals surface area contributed by atoms with Crippen LogP contribution >= 0.6 is 0 Å². The van der Waals surface area contributed by atoms with E-state index in [4.69, 9.17) is 9.47 Å². The molecule has 2 amide bonds. The summed E-state index contributed by atoms with van der Waals surface area (Å²) in [4.78, 5) is 26.5. The number of benzene rings is 2. The molecule has 1 atom stereocenters. The maximum absolute atomic E-state index is 12.5. The summed E-state index contributed by atoms with van der Waals surface area (Å²) in [6.45, 7) is 2.46. The van der Waals surface area contributed by atoms with E-state index in [0.717, 1.165) is 11.3 Å². The van der Waals surface area contributed by atoms with Crippen LogP contribution in [0.1, 0.15) is 22.3 Å². The molecule has 6 heteroatoms. The van der Waals surface area contributed by atoms with Crippen LogP contribution in [0.3, 0.4) is 0 Å². The molecule has 0 aliphatic carbocycles. The van der Waals surface area contributed by atoms with Crippen molar-refractivity contribution in [3.05, 3.63) is 53.6 Å². The molecule has 1 aliphatic heterocycles. The number of anilines is 1. The number of nitrogens with one attached hydrogen (secondary N) is 1. The molecule has 1 aliphatic rings. The van der Waals surface area contributed by atoms with Crippen LogP contribution in [-0.2, 0) is 4.79 Å². The van der Waals surface area contributed by atoms with Gasteiger partial charge in [-0.1, -0.05) is 17.7 Å². The minimum absolute atomic E-state index is 0.00599. The van der Waals surface area contributed by atoms with Crippen molar-refractivity contribution >= 4 is 17.5 Å². The smallest absolute Gasteiger partial charge is 0.251 e. The van der Waals surface area contributed by atoms with E-state index in [-0.39, 0.29) is 24.3 Å². The Bertz CT molecular complexity index is 817. The molecule has 2 aromatic carbocycles. The highest BCUT2D eigenvalue weighted by Crippen LogP contribution is 2.28. The van der Waals surface area contributed by atoms with E-state index >= 15 is 0 Å². The van der Waals surface area contributed by atoms with Crippen molar-refractivity contribution in [2.24, 2.45) is 0 Å². The highest BCUT2D eigenvalue weighted by molar-refractivity contribution is 5.99. The topological polar surface area (TPSA) is 67.9 Å². The molecule has 1 fully saturated rings. The van der Waals surface area contributed by atoms with Gasteiger partial charge in [0.05, 0.1) is 20.3 Å². The van der Waals surface area contributed by atoms with Crippen molar-refractivity contribution in [1.29, 1.82) is 0 Å². The summed E-state index contributed by atoms with van der Waals surface area (Å²) in [6, 6.07) is 12.5. The third kappa shape index (κ3) is 3.64. The summed E-state index contributed by atoms with van der Waals surface area (Å²) in [6.07, 6.45) is 0.285. The van der Waals surface area contributed by atoms with Gasteiger partial charge in [0.1, 0.15) is 0 Å². The van der Waals surface area contributed by atoms with Crippen molar-refractivity contribution in [2.75, 3.05) is 25.7 Å². The second-order valence-electron chi connectivity index (χ2n) is 6.28. The lowest BCUT2D eigenvalue weighted by molar-refractivity contribution is -0.117. The Labute approximate surface area is 152 Å². The summed E-state index contributed by atoms with van der Waals surface area (Å²) in [5.41, 5.74) is 2.45. The first-order valence-corrected chi connectivity index (χ1v) is 8.41. The van der Waals surface area contributed by atoms with Gasteiger partial charge in [-0.25, -0.2) is 0 Å². The highest BCUT2D eigenvalue weighted by atomic mass is 16.5. The van der Waals surface area contributed by atoms with Crippen LogP contribution < -0.4 is 19.7 Å². The Balaban J connectivity index is 1.69. The number of nitrogens with zero attached hydrogens (tertiary/aromatic N) is 1. The predicted molar refractivity (Wildman–Crippen MR) is 98.9 cm³/mol. The fourth-order valence-corrected chi connectivity index (χ4v) is 3.02. The van der Waals surface area contributed by atoms with Crippen LogP contribution in [0.5, 0.6) is 11.5 Å². The molecule has 136 valence electrons. The Kier molecular flexibility index (Phi) is 5.11. The Morgan fingerprint density at radius 2 is 1.77 bits per heavy atom. The zero-order chi connectivity index (χ0) is 18.7. The van der Waals surface area contributed by atoms with Crippen LogP contribution in [0.4, 0.5) is 5.69 Å². The van der Waals surface area contributed by atoms with Crippen molar-refractivity contribution in [1.82, 2.24) is 5.32 Å². The number of ether oxygens (including phenoxy) is 2. The number of hydrogen-bond acceptors (Lipinski definition) is 4. The second kappa shape index (κ2) is 7.47. The molecule has 1 N–H and O–H groups in total. The first-order valence-electron chi connectivity index (χ1n) is 8.41. The molecule has 6 nitrogen and oxygen atoms in total. The average Bonchev–Trinajstić information content (AvgIpc) is 3.01. The predicted octanol–water partition coefficient (Wildman–Crippen LogP) is 2.55. The summed E-state index contributed by atoms with van der Waals surface area (Å²) in [7, 11) is 3.07. The molecule has 1 saturated heterocycles. The maximum atomic E-state index is 12.5. The van der Waals surface area contributed by atoms with Crippen LogP contribution in [0.15, 0.2) is 42.5 Å². The minimum atomic E-state index is -0.241. The molecular weight excluding hydrogens is 332 g/mol. The molecule has 0 saturated carbocycles. The molecule has 2 aromatic rings. The van der Waals surface area contributed by atoms with E-state index in [1.165, 1.54) is 7.11 Å². The van der Waals surface area contributed by atoms with Crippen molar-refractivity contribution < 1.29 is 19.1 Å². The lowest BCUT2D eigenvalue weighted by atomic mass is 10.1. The molecule has 0 radical (unpaired) electrons. The molecule has 0 aromatic heterocycles. The minimum Gasteiger partial charge on any atom is -0.493 e. The number of carbonyl (C=O) groups is 2. The number of rotatable bonds is 5. The summed E-state index contributed by atoms with van der Waals surface area (Å²) in [5, 5.41) is 2.93. The standard InChI is InChI=1S/C20H22N2O4/c1-13-4-7-16(8-5-13)22-12-15(11-19(22)23)21-20(24)14-6-9-17(25-2)18(10-14)26-3/h4-10,15H,11-12H2,1-3H3,(H,21,24). The Hall–Kier alpha value is -3.02. The Morgan fingerprint density at radius 1 is 1.08 bits per heavy atom. The third-order valence-corrected chi connectivity index (χ3v) is 4.45. The fraction of sp³-hybridized carbons (Fsp3) is 0.300. The molecular formula is C20H22N2O4. The van der Waals surface area contributed by atoms with Gasteiger partial charge in [-0.05, 0) is 37.3 Å². The van der Waals surface area contributed by atoms with Gasteiger partial charge >= 0.3 is 0 Å². The van der Waals surface area contributed by atoms with Gasteiger partial charge in [-0.2, -0.15) is 0 Å². The third-order valence-electron chi connectivity index (χ3n) is 4.45. The van der Waals surface area contributed by atoms with Crippen LogP contribution in [0.2, 0.25) is 0 Å². The first kappa shape index (κ1) is 17.8. The SMILES string of the molecule is COc1ccc(C(=O)NC2CC(=O)N(c3ccc(C)cc3)C2)cc1OC. The maximum Gasteiger partial charge on any atom is 0.251 e. The van der Waals surface area contributed by atoms with Crippen molar-refractivity contribution in [3.63, 3.8) is 0 Å². The fourth-order valence-electron chi connectivity index (χ4n) is 3.02. The van der Waals surface area contributed by atoms with E-state index in [2.05, 4.69) is 5.32 Å². The number of hydrogen-bond donors (Lipinski definition) is 1. The lowest BCUT2D eigenvalue weighted by Crippen LogP contribution is -2.37. The second-order valence-corrected chi connectivity index (χ2v) is 6.28. The van der Waals surface area contributed by atoms with Gasteiger partial charge in [0.15, 0.2) is 11.5 Å². The van der Waals surface area contributed by atoms with Gasteiger partial charge in [0, 0.05) is 24.2 Å². The van der Waals surface area contributed by atoms with E-state index < -0.39 is 0 Å². The summed E-state index contributed by atoms with van der Waals surface area (Å²) in [5.74, 6) is 0.815. The zero-order valence-corrected chi connectivity index (χ0v) is 15.1. The van der Waals surface area contributed by atoms with E-state index in [0.29, 0.717) is 23.6 Å². The molecule has 1 heterocycles. The van der Waals surface area contributed by atoms with Crippen molar-refractivity contribution in [3.8, 4) is 11.5 Å². The number of amides is 2. The zero-order valence-electron chi connectivity index (χ0n) is 15.1. The monoisotopic (exact) mass is 354 g/mol. The van der Waals surface area contributed by atoms with Crippen LogP contribution in [-0.4, -0.2) is 38.6 Å². The number of carbonyl (C=O) groups excluding carboxylic acids is 2. The molecule has 0 spiro atoms. The van der Waals surface area contributed by atoms with Gasteiger partial charge < -0.3 is 19.7 Å². The van der Waals surface area contributed by atoms with E-state index in [1.54, 1.807) is 30.2 Å². The summed E-state index contributed by atoms with van der Waals surface area (Å²) < 4.78 is 10.4. The van der Waals surface area contributed by atoms with Gasteiger partial charge in [-0.15, -0.1) is 0 Å². The molecule has 1 unspecified atom stereocenters. The normalized spacial score (nSPS) is 16.5. The van der Waals surface area contributed by atoms with E-state index in [1.807, 2.05) is 31.2 Å². The van der Waals surface area contributed by atoms with Crippen LogP contribution in [0.25, 0.3) is 0 Å². The highest BCUT2D eigenvalue weighted by Gasteiger charge is 2.31. The van der Waals surface area contributed by atoms with Gasteiger partial charge in [0.2, 0.25) is 5.91 Å². The molecule has 0 bridgehead atoms. The average molecular weight is 354 g/mol. The Morgan fingerprint density at radius 3 is 2.42 bits per heavy atom. The number of methoxy groups -OCH3 is 2. The quantitative estimate of drug-likeness (QED) is 0.896. The lowest BCUT2D eigenvalue weighted by Gasteiger charge is -2.17. The molecule has 26 heavy (non-hydrogen) atoms. The van der Waals surface area contributed by atoms with Gasteiger partial charge in [0.25, 0.3) is 5.91 Å². The number of aryl methyl sites for hydroxylation is 1.